The minimum Gasteiger partial charge on any atom is -0.491 e. The summed E-state index contributed by atoms with van der Waals surface area (Å²) in [6, 6.07) is 9.65. The van der Waals surface area contributed by atoms with Crippen molar-refractivity contribution < 1.29 is 9.53 Å². The van der Waals surface area contributed by atoms with Crippen LogP contribution in [0.3, 0.4) is 0 Å². The number of nitrogens with one attached hydrogen (secondary N) is 1. The zero-order valence-corrected chi connectivity index (χ0v) is 18.1. The van der Waals surface area contributed by atoms with Crippen LogP contribution in [0.5, 0.6) is 5.75 Å². The second-order valence-electron chi connectivity index (χ2n) is 8.84. The summed E-state index contributed by atoms with van der Waals surface area (Å²) in [5.74, 6) is 1.85. The van der Waals surface area contributed by atoms with Gasteiger partial charge in [-0.15, -0.1) is 0 Å². The summed E-state index contributed by atoms with van der Waals surface area (Å²) in [7, 11) is 2.14. The minimum atomic E-state index is 0.0328. The molecular weight excluding hydrogens is 404 g/mol. The van der Waals surface area contributed by atoms with Gasteiger partial charge in [-0.3, -0.25) is 4.79 Å². The summed E-state index contributed by atoms with van der Waals surface area (Å²) < 4.78 is 7.94. The number of carbonyl (C=O) groups excluding carboxylic acids is 1. The summed E-state index contributed by atoms with van der Waals surface area (Å²) in [5, 5.41) is 16.7. The van der Waals surface area contributed by atoms with Crippen LogP contribution in [-0.4, -0.2) is 52.1 Å². The average Bonchev–Trinajstić information content (AvgIpc) is 3.58. The third-order valence-electron chi connectivity index (χ3n) is 6.15. The lowest BCUT2D eigenvalue weighted by atomic mass is 9.99. The Balaban J connectivity index is 1.40. The molecule has 1 saturated heterocycles. The normalized spacial score (nSPS) is 18.9. The van der Waals surface area contributed by atoms with Crippen LogP contribution < -0.4 is 10.1 Å². The third-order valence-corrected chi connectivity index (χ3v) is 6.15. The Morgan fingerprint density at radius 2 is 2.19 bits per heavy atom. The molecule has 5 rings (SSSR count). The van der Waals surface area contributed by atoms with Crippen molar-refractivity contribution in [3.63, 3.8) is 0 Å². The van der Waals surface area contributed by atoms with Crippen LogP contribution >= 0.6 is 0 Å². The molecule has 1 saturated carbocycles. The summed E-state index contributed by atoms with van der Waals surface area (Å²) in [6.45, 7) is 2.78. The quantitative estimate of drug-likeness (QED) is 0.644. The maximum atomic E-state index is 12.1. The highest BCUT2D eigenvalue weighted by molar-refractivity contribution is 5.93. The third kappa shape index (κ3) is 4.43. The van der Waals surface area contributed by atoms with Crippen molar-refractivity contribution >= 4 is 17.2 Å². The Kier molecular flexibility index (Phi) is 5.50. The van der Waals surface area contributed by atoms with Gasteiger partial charge in [0.15, 0.2) is 5.82 Å². The Morgan fingerprint density at radius 3 is 2.97 bits per heavy atom. The highest BCUT2D eigenvalue weighted by Crippen LogP contribution is 2.33. The molecule has 0 aromatic carbocycles. The number of amides is 1. The van der Waals surface area contributed by atoms with E-state index in [-0.39, 0.29) is 11.8 Å². The Hall–Kier alpha value is -3.44. The monoisotopic (exact) mass is 430 g/mol. The molecular formula is C24H26N6O2. The molecule has 0 bridgehead atoms. The molecule has 1 aliphatic carbocycles. The fourth-order valence-electron chi connectivity index (χ4n) is 4.26. The van der Waals surface area contributed by atoms with E-state index in [4.69, 9.17) is 4.74 Å². The molecule has 8 heteroatoms. The van der Waals surface area contributed by atoms with E-state index in [1.807, 2.05) is 24.4 Å². The number of anilines is 1. The van der Waals surface area contributed by atoms with Gasteiger partial charge in [0.1, 0.15) is 17.5 Å². The van der Waals surface area contributed by atoms with Gasteiger partial charge in [0.25, 0.3) is 0 Å². The lowest BCUT2D eigenvalue weighted by Gasteiger charge is -2.29. The lowest BCUT2D eigenvalue weighted by molar-refractivity contribution is -0.117. The molecule has 3 aromatic rings. The number of carbonyl (C=O) groups is 1. The number of likely N-dealkylation sites (tertiary alicyclic amines) is 1. The highest BCUT2D eigenvalue weighted by atomic mass is 16.5. The van der Waals surface area contributed by atoms with Gasteiger partial charge in [0.2, 0.25) is 5.91 Å². The molecule has 2 aliphatic rings. The Labute approximate surface area is 186 Å². The fourth-order valence-corrected chi connectivity index (χ4v) is 4.26. The number of fused-ring (bicyclic) bond motifs is 1. The summed E-state index contributed by atoms with van der Waals surface area (Å²) in [5.41, 5.74) is 2.93. The number of hydrogen-bond donors (Lipinski definition) is 1. The smallest absolute Gasteiger partial charge is 0.228 e. The van der Waals surface area contributed by atoms with Crippen LogP contribution in [0.4, 0.5) is 5.82 Å². The van der Waals surface area contributed by atoms with Gasteiger partial charge in [0, 0.05) is 36.2 Å². The molecule has 1 amide bonds. The molecule has 1 unspecified atom stereocenters. The molecule has 164 valence electrons. The first-order chi connectivity index (χ1) is 15.6. The van der Waals surface area contributed by atoms with Crippen molar-refractivity contribution in [1.29, 1.82) is 5.26 Å². The van der Waals surface area contributed by atoms with Crippen LogP contribution in [0.25, 0.3) is 16.6 Å². The van der Waals surface area contributed by atoms with Crippen molar-refractivity contribution in [2.75, 3.05) is 32.1 Å². The summed E-state index contributed by atoms with van der Waals surface area (Å²) in [4.78, 5) is 18.6. The number of piperidine rings is 1. The van der Waals surface area contributed by atoms with Crippen LogP contribution in [0.1, 0.15) is 31.4 Å². The van der Waals surface area contributed by atoms with E-state index >= 15 is 0 Å². The topological polar surface area (TPSA) is 95.6 Å². The number of ether oxygens (including phenoxy) is 1. The van der Waals surface area contributed by atoms with E-state index in [2.05, 4.69) is 33.4 Å². The van der Waals surface area contributed by atoms with E-state index in [1.54, 1.807) is 16.8 Å². The molecule has 2 fully saturated rings. The maximum Gasteiger partial charge on any atom is 0.228 e. The van der Waals surface area contributed by atoms with Crippen LogP contribution in [0.2, 0.25) is 0 Å². The van der Waals surface area contributed by atoms with Gasteiger partial charge in [-0.05, 0) is 63.0 Å². The van der Waals surface area contributed by atoms with Crippen molar-refractivity contribution in [3.05, 3.63) is 42.4 Å². The van der Waals surface area contributed by atoms with E-state index in [9.17, 15) is 10.1 Å². The van der Waals surface area contributed by atoms with Gasteiger partial charge >= 0.3 is 0 Å². The van der Waals surface area contributed by atoms with Crippen LogP contribution in [-0.2, 0) is 4.79 Å². The Bertz CT molecular complexity index is 1190. The van der Waals surface area contributed by atoms with Gasteiger partial charge in [-0.25, -0.2) is 9.50 Å². The first-order valence-electron chi connectivity index (χ1n) is 11.1. The van der Waals surface area contributed by atoms with Gasteiger partial charge in [0.05, 0.1) is 18.3 Å². The standard InChI is InChI=1S/C24H26N6O2/c1-29-7-2-3-16(14-29)15-32-22-13-26-19(12-25)10-21(22)18-6-8-30-20(9-18)11-23(28-30)27-24(31)17-4-5-17/h6,8-11,13,16-17H,2-5,7,14-15H2,1H3,(H,27,28,31). The maximum absolute atomic E-state index is 12.1. The number of hydrogen-bond acceptors (Lipinski definition) is 6. The number of nitriles is 1. The minimum absolute atomic E-state index is 0.0328. The second-order valence-corrected chi connectivity index (χ2v) is 8.84. The van der Waals surface area contributed by atoms with Gasteiger partial charge in [-0.1, -0.05) is 0 Å². The predicted molar refractivity (Wildman–Crippen MR) is 120 cm³/mol. The van der Waals surface area contributed by atoms with E-state index in [1.165, 1.54) is 6.42 Å². The van der Waals surface area contributed by atoms with Gasteiger partial charge < -0.3 is 15.0 Å². The molecule has 1 atom stereocenters. The average molecular weight is 431 g/mol. The Morgan fingerprint density at radius 1 is 1.31 bits per heavy atom. The van der Waals surface area contributed by atoms with Crippen molar-refractivity contribution in [1.82, 2.24) is 19.5 Å². The second kappa shape index (κ2) is 8.60. The zero-order chi connectivity index (χ0) is 22.1. The van der Waals surface area contributed by atoms with E-state index in [0.29, 0.717) is 29.8 Å². The van der Waals surface area contributed by atoms with E-state index in [0.717, 1.165) is 49.0 Å². The van der Waals surface area contributed by atoms with E-state index < -0.39 is 0 Å². The highest BCUT2D eigenvalue weighted by Gasteiger charge is 2.30. The number of pyridine rings is 2. The van der Waals surface area contributed by atoms with Crippen LogP contribution in [0.15, 0.2) is 36.7 Å². The molecule has 0 spiro atoms. The molecule has 8 nitrogen and oxygen atoms in total. The van der Waals surface area contributed by atoms with Crippen LogP contribution in [0, 0.1) is 23.2 Å². The first-order valence-corrected chi connectivity index (χ1v) is 11.1. The fraction of sp³-hybridized carbons (Fsp3) is 0.417. The van der Waals surface area contributed by atoms with Crippen molar-refractivity contribution in [2.45, 2.75) is 25.7 Å². The predicted octanol–water partition coefficient (Wildman–Crippen LogP) is 3.34. The summed E-state index contributed by atoms with van der Waals surface area (Å²) in [6.07, 6.45) is 7.73. The molecule has 0 radical (unpaired) electrons. The first kappa shape index (κ1) is 20.5. The van der Waals surface area contributed by atoms with Crippen molar-refractivity contribution in [2.24, 2.45) is 11.8 Å². The largest absolute Gasteiger partial charge is 0.491 e. The van der Waals surface area contributed by atoms with Gasteiger partial charge in [-0.2, -0.15) is 10.4 Å². The molecule has 1 aliphatic heterocycles. The molecule has 4 heterocycles. The zero-order valence-electron chi connectivity index (χ0n) is 18.1. The molecule has 32 heavy (non-hydrogen) atoms. The SMILES string of the molecule is CN1CCCC(COc2cnc(C#N)cc2-c2ccn3nc(NC(=O)C4CC4)cc3c2)C1. The number of aromatic nitrogens is 3. The molecule has 1 N–H and O–H groups in total. The van der Waals surface area contributed by atoms with Crippen molar-refractivity contribution in [3.8, 4) is 22.9 Å². The lowest BCUT2D eigenvalue weighted by Crippen LogP contribution is -2.34. The number of nitrogens with zero attached hydrogens (tertiary/aromatic N) is 5. The summed E-state index contributed by atoms with van der Waals surface area (Å²) >= 11 is 0. The number of rotatable bonds is 6. The molecule has 3 aromatic heterocycles.